The van der Waals surface area contributed by atoms with Crippen molar-refractivity contribution >= 4 is 11.7 Å². The molecule has 0 saturated carbocycles. The minimum Gasteiger partial charge on any atom is -0.395 e. The molecule has 2 aliphatic rings. The zero-order valence-electron chi connectivity index (χ0n) is 17.3. The lowest BCUT2D eigenvalue weighted by Crippen LogP contribution is -2.44. The van der Waals surface area contributed by atoms with Crippen molar-refractivity contribution in [2.75, 3.05) is 31.6 Å². The molecule has 8 heteroatoms. The summed E-state index contributed by atoms with van der Waals surface area (Å²) in [6.45, 7) is 1.91. The molecule has 1 fully saturated rings. The lowest BCUT2D eigenvalue weighted by Gasteiger charge is -2.39. The number of hydrogen-bond acceptors (Lipinski definition) is 6. The van der Waals surface area contributed by atoms with Gasteiger partial charge in [-0.1, -0.05) is 30.3 Å². The van der Waals surface area contributed by atoms with E-state index in [0.717, 1.165) is 48.3 Å². The van der Waals surface area contributed by atoms with Crippen LogP contribution in [-0.2, 0) is 11.8 Å². The largest absolute Gasteiger partial charge is 0.395 e. The number of benzene rings is 1. The molecule has 3 aromatic rings. The standard InChI is InChI=1S/C23H26N6O2/c30-13-10-24-21-18-6-7-23(19(18)27-20(28-21)16-4-2-1-3-5-16)8-11-29(12-9-23)22(31)17-14-25-26-15-17/h1-5,14-15,30H,6-13H2,(H,25,26)(H,24,27,28). The Morgan fingerprint density at radius 3 is 2.68 bits per heavy atom. The summed E-state index contributed by atoms with van der Waals surface area (Å²) < 4.78 is 0. The van der Waals surface area contributed by atoms with E-state index in [0.29, 0.717) is 31.0 Å². The van der Waals surface area contributed by atoms with Gasteiger partial charge in [-0.3, -0.25) is 9.89 Å². The zero-order chi connectivity index (χ0) is 21.3. The van der Waals surface area contributed by atoms with Gasteiger partial charge in [-0.2, -0.15) is 5.10 Å². The van der Waals surface area contributed by atoms with E-state index in [1.165, 1.54) is 0 Å². The molecule has 1 spiro atoms. The van der Waals surface area contributed by atoms with Crippen LogP contribution in [0.15, 0.2) is 42.7 Å². The number of rotatable bonds is 5. The first-order chi connectivity index (χ1) is 15.2. The van der Waals surface area contributed by atoms with E-state index in [4.69, 9.17) is 9.97 Å². The number of nitrogens with zero attached hydrogens (tertiary/aromatic N) is 4. The second kappa shape index (κ2) is 8.11. The van der Waals surface area contributed by atoms with Crippen LogP contribution in [0.2, 0.25) is 0 Å². The number of carbonyl (C=O) groups excluding carboxylic acids is 1. The van der Waals surface area contributed by atoms with E-state index in [2.05, 4.69) is 15.5 Å². The lowest BCUT2D eigenvalue weighted by molar-refractivity contribution is 0.0663. The Bertz CT molecular complexity index is 1060. The van der Waals surface area contributed by atoms with Crippen LogP contribution in [0.25, 0.3) is 11.4 Å². The van der Waals surface area contributed by atoms with Crippen LogP contribution in [0.3, 0.4) is 0 Å². The van der Waals surface area contributed by atoms with Crippen molar-refractivity contribution in [1.82, 2.24) is 25.1 Å². The summed E-state index contributed by atoms with van der Waals surface area (Å²) in [5.74, 6) is 1.56. The molecule has 2 aromatic heterocycles. The zero-order valence-corrected chi connectivity index (χ0v) is 17.3. The molecule has 5 rings (SSSR count). The van der Waals surface area contributed by atoms with Crippen LogP contribution in [0, 0.1) is 0 Å². The predicted octanol–water partition coefficient (Wildman–Crippen LogP) is 2.39. The molecule has 0 radical (unpaired) electrons. The summed E-state index contributed by atoms with van der Waals surface area (Å²) in [4.78, 5) is 24.5. The van der Waals surface area contributed by atoms with Gasteiger partial charge >= 0.3 is 0 Å². The Morgan fingerprint density at radius 2 is 1.97 bits per heavy atom. The fourth-order valence-corrected chi connectivity index (χ4v) is 4.85. The van der Waals surface area contributed by atoms with Crippen molar-refractivity contribution in [3.63, 3.8) is 0 Å². The number of amides is 1. The Balaban J connectivity index is 1.46. The minimum absolute atomic E-state index is 0.0276. The molecular formula is C23H26N6O2. The van der Waals surface area contributed by atoms with E-state index < -0.39 is 0 Å². The molecule has 8 nitrogen and oxygen atoms in total. The van der Waals surface area contributed by atoms with Gasteiger partial charge in [0.05, 0.1) is 24.1 Å². The maximum atomic E-state index is 12.7. The topological polar surface area (TPSA) is 107 Å². The Kier molecular flexibility index (Phi) is 5.15. The molecule has 1 aliphatic carbocycles. The summed E-state index contributed by atoms with van der Waals surface area (Å²) in [5, 5.41) is 19.2. The van der Waals surface area contributed by atoms with Gasteiger partial charge in [-0.15, -0.1) is 0 Å². The summed E-state index contributed by atoms with van der Waals surface area (Å²) >= 11 is 0. The van der Waals surface area contributed by atoms with Crippen molar-refractivity contribution in [3.05, 3.63) is 59.5 Å². The first-order valence-corrected chi connectivity index (χ1v) is 10.8. The van der Waals surface area contributed by atoms with Crippen LogP contribution in [-0.4, -0.2) is 62.3 Å². The number of H-pyrrole nitrogens is 1. The van der Waals surface area contributed by atoms with Gasteiger partial charge in [0.2, 0.25) is 0 Å². The fourth-order valence-electron chi connectivity index (χ4n) is 4.85. The Hall–Kier alpha value is -3.26. The molecular weight excluding hydrogens is 392 g/mol. The van der Waals surface area contributed by atoms with Crippen molar-refractivity contribution < 1.29 is 9.90 Å². The van der Waals surface area contributed by atoms with Gasteiger partial charge in [-0.25, -0.2) is 9.97 Å². The highest BCUT2D eigenvalue weighted by molar-refractivity contribution is 5.93. The molecule has 160 valence electrons. The quantitative estimate of drug-likeness (QED) is 0.587. The third kappa shape index (κ3) is 3.57. The van der Waals surface area contributed by atoms with Crippen molar-refractivity contribution in [2.24, 2.45) is 0 Å². The molecule has 1 amide bonds. The highest BCUT2D eigenvalue weighted by Crippen LogP contribution is 2.47. The van der Waals surface area contributed by atoms with Crippen LogP contribution in [0.5, 0.6) is 0 Å². The second-order valence-corrected chi connectivity index (χ2v) is 8.30. The number of carbonyl (C=O) groups is 1. The second-order valence-electron chi connectivity index (χ2n) is 8.30. The van der Waals surface area contributed by atoms with Gasteiger partial charge in [-0.05, 0) is 25.7 Å². The van der Waals surface area contributed by atoms with E-state index >= 15 is 0 Å². The number of hydrogen-bond donors (Lipinski definition) is 3. The number of aliphatic hydroxyl groups excluding tert-OH is 1. The van der Waals surface area contributed by atoms with Gasteiger partial charge in [0.15, 0.2) is 5.82 Å². The molecule has 31 heavy (non-hydrogen) atoms. The summed E-state index contributed by atoms with van der Waals surface area (Å²) in [6.07, 6.45) is 6.92. The molecule has 1 aromatic carbocycles. The van der Waals surface area contributed by atoms with Crippen LogP contribution < -0.4 is 5.32 Å². The SMILES string of the molecule is O=C(c1cn[nH]c1)N1CCC2(CCc3c(NCCO)nc(-c4ccccc4)nc32)CC1. The summed E-state index contributed by atoms with van der Waals surface area (Å²) in [7, 11) is 0. The molecule has 1 saturated heterocycles. The number of aromatic amines is 1. The first kappa shape index (κ1) is 19.7. The van der Waals surface area contributed by atoms with Crippen LogP contribution in [0.1, 0.15) is 40.9 Å². The van der Waals surface area contributed by atoms with E-state index in [1.54, 1.807) is 12.4 Å². The average Bonchev–Trinajstić information content (AvgIpc) is 3.48. The van der Waals surface area contributed by atoms with Crippen molar-refractivity contribution in [3.8, 4) is 11.4 Å². The minimum atomic E-state index is -0.0371. The maximum absolute atomic E-state index is 12.7. The van der Waals surface area contributed by atoms with Gasteiger partial charge in [0.1, 0.15) is 5.82 Å². The van der Waals surface area contributed by atoms with Crippen molar-refractivity contribution in [1.29, 1.82) is 0 Å². The highest BCUT2D eigenvalue weighted by Gasteiger charge is 2.45. The Labute approximate surface area is 180 Å². The van der Waals surface area contributed by atoms with E-state index in [1.807, 2.05) is 35.2 Å². The molecule has 0 unspecified atom stereocenters. The van der Waals surface area contributed by atoms with E-state index in [9.17, 15) is 9.90 Å². The molecule has 3 N–H and O–H groups in total. The molecule has 3 heterocycles. The lowest BCUT2D eigenvalue weighted by atomic mass is 9.76. The normalized spacial score (nSPS) is 17.0. The number of anilines is 1. The maximum Gasteiger partial charge on any atom is 0.257 e. The summed E-state index contributed by atoms with van der Waals surface area (Å²) in [5.41, 5.74) is 3.81. The average molecular weight is 419 g/mol. The van der Waals surface area contributed by atoms with Crippen LogP contribution >= 0.6 is 0 Å². The van der Waals surface area contributed by atoms with Gasteiger partial charge < -0.3 is 15.3 Å². The molecule has 0 atom stereocenters. The van der Waals surface area contributed by atoms with Crippen LogP contribution in [0.4, 0.5) is 5.82 Å². The number of likely N-dealkylation sites (tertiary alicyclic amines) is 1. The third-order valence-electron chi connectivity index (χ3n) is 6.55. The number of aliphatic hydroxyl groups is 1. The Morgan fingerprint density at radius 1 is 1.16 bits per heavy atom. The fraction of sp³-hybridized carbons (Fsp3) is 0.391. The molecule has 0 bridgehead atoms. The van der Waals surface area contributed by atoms with Gasteiger partial charge in [0.25, 0.3) is 5.91 Å². The number of piperidine rings is 1. The first-order valence-electron chi connectivity index (χ1n) is 10.8. The van der Waals surface area contributed by atoms with Gasteiger partial charge in [0, 0.05) is 42.4 Å². The number of fused-ring (bicyclic) bond motifs is 2. The number of nitrogens with one attached hydrogen (secondary N) is 2. The molecule has 1 aliphatic heterocycles. The highest BCUT2D eigenvalue weighted by atomic mass is 16.3. The third-order valence-corrected chi connectivity index (χ3v) is 6.55. The van der Waals surface area contributed by atoms with Crippen molar-refractivity contribution in [2.45, 2.75) is 31.1 Å². The smallest absolute Gasteiger partial charge is 0.257 e. The monoisotopic (exact) mass is 418 g/mol. The predicted molar refractivity (Wildman–Crippen MR) is 117 cm³/mol. The number of aromatic nitrogens is 4. The summed E-state index contributed by atoms with van der Waals surface area (Å²) in [6, 6.07) is 10.00. The van der Waals surface area contributed by atoms with E-state index in [-0.39, 0.29) is 17.9 Å².